The van der Waals surface area contributed by atoms with E-state index in [9.17, 15) is 5.21 Å². The van der Waals surface area contributed by atoms with E-state index in [0.717, 1.165) is 29.7 Å². The minimum Gasteiger partial charge on any atom is -0.616 e. The number of allylic oxidation sites excluding steroid dienone is 7. The molecular weight excluding hydrogens is 238 g/mol. The van der Waals surface area contributed by atoms with Gasteiger partial charge in [0, 0.05) is 22.9 Å². The predicted molar refractivity (Wildman–Crippen MR) is 72.3 cm³/mol. The topological polar surface area (TPSA) is 58.9 Å². The van der Waals surface area contributed by atoms with Gasteiger partial charge in [0.25, 0.3) is 0 Å². The zero-order valence-electron chi connectivity index (χ0n) is 11.0. The van der Waals surface area contributed by atoms with Crippen molar-refractivity contribution in [2.75, 3.05) is 0 Å². The third-order valence-corrected chi connectivity index (χ3v) is 3.73. The quantitative estimate of drug-likeness (QED) is 0.533. The Balaban J connectivity index is 2.14. The SMILES string of the molecule is CC1=CCCC2=C1C(C)=C[N+]1([O-])C=C(C#N)C=C1N2. The Labute approximate surface area is 112 Å². The number of nitrogens with one attached hydrogen (secondary N) is 1. The molecule has 1 aliphatic carbocycles. The molecule has 2 aliphatic heterocycles. The Hall–Kier alpha value is -2.09. The van der Waals surface area contributed by atoms with Crippen LogP contribution in [0.3, 0.4) is 0 Å². The van der Waals surface area contributed by atoms with E-state index in [1.54, 1.807) is 12.3 Å². The van der Waals surface area contributed by atoms with E-state index in [-0.39, 0.29) is 0 Å². The molecule has 3 aliphatic rings. The van der Waals surface area contributed by atoms with Crippen molar-refractivity contribution in [3.8, 4) is 6.07 Å². The van der Waals surface area contributed by atoms with Crippen molar-refractivity contribution < 1.29 is 4.65 Å². The van der Waals surface area contributed by atoms with Gasteiger partial charge in [-0.25, -0.2) is 0 Å². The summed E-state index contributed by atoms with van der Waals surface area (Å²) < 4.78 is -0.699. The fourth-order valence-corrected chi connectivity index (χ4v) is 2.93. The molecule has 0 amide bonds. The van der Waals surface area contributed by atoms with Gasteiger partial charge in [-0.15, -0.1) is 0 Å². The Morgan fingerprint density at radius 3 is 2.84 bits per heavy atom. The first kappa shape index (κ1) is 12.0. The lowest BCUT2D eigenvalue weighted by Crippen LogP contribution is -2.33. The van der Waals surface area contributed by atoms with Gasteiger partial charge in [0.2, 0.25) is 5.82 Å². The molecule has 1 atom stereocenters. The highest BCUT2D eigenvalue weighted by molar-refractivity contribution is 5.51. The summed E-state index contributed by atoms with van der Waals surface area (Å²) in [5.74, 6) is 0.510. The van der Waals surface area contributed by atoms with Crippen LogP contribution in [-0.2, 0) is 0 Å². The first-order valence-corrected chi connectivity index (χ1v) is 6.35. The van der Waals surface area contributed by atoms with Crippen LogP contribution in [0.4, 0.5) is 0 Å². The lowest BCUT2D eigenvalue weighted by molar-refractivity contribution is -0.732. The number of rotatable bonds is 0. The van der Waals surface area contributed by atoms with E-state index in [2.05, 4.69) is 18.3 Å². The summed E-state index contributed by atoms with van der Waals surface area (Å²) in [5, 5.41) is 25.0. The van der Waals surface area contributed by atoms with E-state index >= 15 is 0 Å². The summed E-state index contributed by atoms with van der Waals surface area (Å²) in [4.78, 5) is 0. The summed E-state index contributed by atoms with van der Waals surface area (Å²) in [6.45, 7) is 4.03. The third kappa shape index (κ3) is 1.75. The molecule has 4 nitrogen and oxygen atoms in total. The number of nitrogens with zero attached hydrogens (tertiary/aromatic N) is 2. The van der Waals surface area contributed by atoms with Gasteiger partial charge in [-0.05, 0) is 32.3 Å². The fourth-order valence-electron chi connectivity index (χ4n) is 2.93. The smallest absolute Gasteiger partial charge is 0.216 e. The summed E-state index contributed by atoms with van der Waals surface area (Å²) in [7, 11) is 0. The van der Waals surface area contributed by atoms with Crippen LogP contribution in [0, 0.1) is 16.5 Å². The molecule has 4 heteroatoms. The van der Waals surface area contributed by atoms with Crippen LogP contribution in [0.15, 0.2) is 58.4 Å². The van der Waals surface area contributed by atoms with Crippen molar-refractivity contribution >= 4 is 0 Å². The largest absolute Gasteiger partial charge is 0.616 e. The maximum atomic E-state index is 12.8. The van der Waals surface area contributed by atoms with Crippen molar-refractivity contribution in [2.45, 2.75) is 26.7 Å². The van der Waals surface area contributed by atoms with Gasteiger partial charge in [-0.2, -0.15) is 5.26 Å². The second-order valence-corrected chi connectivity index (χ2v) is 5.15. The van der Waals surface area contributed by atoms with Crippen molar-refractivity contribution in [3.63, 3.8) is 0 Å². The average Bonchev–Trinajstić information content (AvgIpc) is 2.60. The van der Waals surface area contributed by atoms with E-state index in [0.29, 0.717) is 11.4 Å². The lowest BCUT2D eigenvalue weighted by Gasteiger charge is -2.33. The Morgan fingerprint density at radius 2 is 2.11 bits per heavy atom. The Kier molecular flexibility index (Phi) is 2.49. The molecule has 0 bridgehead atoms. The standard InChI is InChI=1S/C15H15N3O/c1-10-4-3-5-13-15(10)11(2)8-18(19)9-12(7-16)6-14(18)17-13/h4,6,8-9,17H,3,5H2,1-2H3. The highest BCUT2D eigenvalue weighted by Gasteiger charge is 2.32. The van der Waals surface area contributed by atoms with Gasteiger partial charge in [0.05, 0.1) is 0 Å². The molecule has 0 spiro atoms. The average molecular weight is 253 g/mol. The Bertz CT molecular complexity index is 655. The summed E-state index contributed by atoms with van der Waals surface area (Å²) in [6.07, 6.45) is 8.82. The predicted octanol–water partition coefficient (Wildman–Crippen LogP) is 3.06. The van der Waals surface area contributed by atoms with Crippen molar-refractivity contribution in [3.05, 3.63) is 63.6 Å². The van der Waals surface area contributed by atoms with Gasteiger partial charge in [-0.1, -0.05) is 6.08 Å². The van der Waals surface area contributed by atoms with Gasteiger partial charge >= 0.3 is 0 Å². The lowest BCUT2D eigenvalue weighted by atomic mass is 9.91. The minimum atomic E-state index is -0.699. The second-order valence-electron chi connectivity index (χ2n) is 5.15. The molecule has 0 saturated carbocycles. The molecule has 0 radical (unpaired) electrons. The van der Waals surface area contributed by atoms with E-state index in [4.69, 9.17) is 5.26 Å². The molecule has 0 aromatic carbocycles. The van der Waals surface area contributed by atoms with E-state index in [1.165, 1.54) is 11.8 Å². The fraction of sp³-hybridized carbons (Fsp3) is 0.267. The van der Waals surface area contributed by atoms with E-state index < -0.39 is 4.65 Å². The summed E-state index contributed by atoms with van der Waals surface area (Å²) in [5.41, 5.74) is 4.81. The van der Waals surface area contributed by atoms with Gasteiger partial charge in [0.15, 0.2) is 0 Å². The van der Waals surface area contributed by atoms with Crippen LogP contribution in [0.1, 0.15) is 26.7 Å². The number of hydrogen-bond donors (Lipinski definition) is 1. The van der Waals surface area contributed by atoms with E-state index in [1.807, 2.05) is 13.0 Å². The van der Waals surface area contributed by atoms with Gasteiger partial charge in [0.1, 0.15) is 24.0 Å². The third-order valence-electron chi connectivity index (χ3n) is 3.73. The maximum Gasteiger partial charge on any atom is 0.216 e. The molecular formula is C15H15N3O. The summed E-state index contributed by atoms with van der Waals surface area (Å²) in [6, 6.07) is 2.03. The highest BCUT2D eigenvalue weighted by Crippen LogP contribution is 2.37. The molecule has 2 heterocycles. The van der Waals surface area contributed by atoms with Crippen LogP contribution < -0.4 is 5.32 Å². The van der Waals surface area contributed by atoms with Crippen molar-refractivity contribution in [2.24, 2.45) is 0 Å². The monoisotopic (exact) mass is 253 g/mol. The van der Waals surface area contributed by atoms with Crippen LogP contribution in [-0.4, -0.2) is 4.65 Å². The number of hydroxylamine groups is 3. The molecule has 3 rings (SSSR count). The molecule has 1 N–H and O–H groups in total. The van der Waals surface area contributed by atoms with Crippen LogP contribution in [0.25, 0.3) is 0 Å². The molecule has 0 aromatic rings. The molecule has 19 heavy (non-hydrogen) atoms. The van der Waals surface area contributed by atoms with Crippen molar-refractivity contribution in [1.82, 2.24) is 5.32 Å². The summed E-state index contributed by atoms with van der Waals surface area (Å²) >= 11 is 0. The number of nitriles is 1. The zero-order valence-corrected chi connectivity index (χ0v) is 11.0. The number of fused-ring (bicyclic) bond motifs is 1. The molecule has 0 saturated heterocycles. The Morgan fingerprint density at radius 1 is 1.32 bits per heavy atom. The highest BCUT2D eigenvalue weighted by atomic mass is 16.5. The molecule has 1 unspecified atom stereocenters. The first-order chi connectivity index (χ1) is 9.03. The van der Waals surface area contributed by atoms with Crippen LogP contribution in [0.2, 0.25) is 0 Å². The normalized spacial score (nSPS) is 28.9. The first-order valence-electron chi connectivity index (χ1n) is 6.35. The van der Waals surface area contributed by atoms with Gasteiger partial charge < -0.3 is 10.5 Å². The zero-order chi connectivity index (χ0) is 13.6. The molecule has 0 fully saturated rings. The molecule has 0 aromatic heterocycles. The minimum absolute atomic E-state index is 0.411. The molecule has 96 valence electrons. The van der Waals surface area contributed by atoms with Crippen LogP contribution >= 0.6 is 0 Å². The van der Waals surface area contributed by atoms with Crippen LogP contribution in [0.5, 0.6) is 0 Å². The van der Waals surface area contributed by atoms with Gasteiger partial charge in [-0.3, -0.25) is 4.65 Å². The maximum absolute atomic E-state index is 12.8. The number of quaternary nitrogens is 1. The number of hydrogen-bond acceptors (Lipinski definition) is 3. The second kappa shape index (κ2) is 3.95. The van der Waals surface area contributed by atoms with Crippen molar-refractivity contribution in [1.29, 1.82) is 5.26 Å².